The molecule has 1 aliphatic heterocycles. The van der Waals surface area contributed by atoms with Crippen molar-refractivity contribution in [2.75, 3.05) is 46.6 Å². The van der Waals surface area contributed by atoms with Crippen LogP contribution in [0.3, 0.4) is 0 Å². The number of rotatable bonds is 8. The summed E-state index contributed by atoms with van der Waals surface area (Å²) in [7, 11) is 1.70. The second kappa shape index (κ2) is 8.84. The van der Waals surface area contributed by atoms with Crippen molar-refractivity contribution in [1.82, 2.24) is 9.80 Å². The number of urea groups is 1. The van der Waals surface area contributed by atoms with Crippen molar-refractivity contribution < 1.29 is 24.2 Å². The second-order valence-corrected chi connectivity index (χ2v) is 5.14. The Morgan fingerprint density at radius 3 is 2.57 bits per heavy atom. The van der Waals surface area contributed by atoms with Crippen LogP contribution in [0, 0.1) is 5.92 Å². The van der Waals surface area contributed by atoms with Crippen LogP contribution in [0.1, 0.15) is 20.3 Å². The maximum Gasteiger partial charge on any atom is 0.320 e. The molecule has 1 aliphatic rings. The highest BCUT2D eigenvalue weighted by Crippen LogP contribution is 2.21. The van der Waals surface area contributed by atoms with Gasteiger partial charge in [-0.25, -0.2) is 4.79 Å². The quantitative estimate of drug-likeness (QED) is 0.674. The van der Waals surface area contributed by atoms with Crippen LogP contribution in [0.25, 0.3) is 0 Å². The smallest absolute Gasteiger partial charge is 0.320 e. The number of amides is 2. The molecule has 0 aromatic heterocycles. The molecular formula is C14H26N2O5. The molecule has 0 aliphatic carbocycles. The molecule has 1 heterocycles. The highest BCUT2D eigenvalue weighted by molar-refractivity contribution is 5.77. The average Bonchev–Trinajstić information content (AvgIpc) is 2.93. The van der Waals surface area contributed by atoms with E-state index in [1.165, 1.54) is 0 Å². The Morgan fingerprint density at radius 1 is 1.29 bits per heavy atom. The Hall–Kier alpha value is -1.34. The van der Waals surface area contributed by atoms with Gasteiger partial charge in [-0.15, -0.1) is 0 Å². The lowest BCUT2D eigenvalue weighted by Gasteiger charge is -2.33. The lowest BCUT2D eigenvalue weighted by atomic mass is 10.0. The first-order valence-electron chi connectivity index (χ1n) is 7.42. The van der Waals surface area contributed by atoms with Gasteiger partial charge in [0, 0.05) is 26.7 Å². The fraction of sp³-hybridized carbons (Fsp3) is 0.857. The van der Waals surface area contributed by atoms with Crippen LogP contribution in [0.5, 0.6) is 0 Å². The molecule has 21 heavy (non-hydrogen) atoms. The van der Waals surface area contributed by atoms with Gasteiger partial charge < -0.3 is 24.4 Å². The number of aliphatic carboxylic acids is 1. The van der Waals surface area contributed by atoms with Gasteiger partial charge in [0.15, 0.2) is 0 Å². The lowest BCUT2D eigenvalue weighted by Crippen LogP contribution is -2.51. The topological polar surface area (TPSA) is 79.3 Å². The highest BCUT2D eigenvalue weighted by Gasteiger charge is 2.40. The van der Waals surface area contributed by atoms with Crippen molar-refractivity contribution in [1.29, 1.82) is 0 Å². The number of hydrogen-bond acceptors (Lipinski definition) is 4. The van der Waals surface area contributed by atoms with E-state index in [-0.39, 0.29) is 19.2 Å². The zero-order chi connectivity index (χ0) is 15.8. The third kappa shape index (κ3) is 4.86. The molecule has 7 heteroatoms. The predicted octanol–water partition coefficient (Wildman–Crippen LogP) is 0.886. The van der Waals surface area contributed by atoms with E-state index in [2.05, 4.69) is 0 Å². The molecule has 0 spiro atoms. The molecule has 122 valence electrons. The Morgan fingerprint density at radius 2 is 2.00 bits per heavy atom. The van der Waals surface area contributed by atoms with Gasteiger partial charge in [-0.1, -0.05) is 6.92 Å². The molecule has 2 atom stereocenters. The van der Waals surface area contributed by atoms with Gasteiger partial charge in [-0.3, -0.25) is 4.79 Å². The van der Waals surface area contributed by atoms with E-state index in [9.17, 15) is 14.7 Å². The monoisotopic (exact) mass is 302 g/mol. The molecule has 7 nitrogen and oxygen atoms in total. The molecule has 0 radical (unpaired) electrons. The Balaban J connectivity index is 2.70. The minimum Gasteiger partial charge on any atom is -0.481 e. The molecule has 2 unspecified atom stereocenters. The molecule has 0 bridgehead atoms. The van der Waals surface area contributed by atoms with E-state index >= 15 is 0 Å². The summed E-state index contributed by atoms with van der Waals surface area (Å²) < 4.78 is 10.5. The second-order valence-electron chi connectivity index (χ2n) is 5.14. The molecule has 1 saturated heterocycles. The van der Waals surface area contributed by atoms with Gasteiger partial charge in [-0.2, -0.15) is 0 Å². The molecular weight excluding hydrogens is 276 g/mol. The number of hydrogen-bond donors (Lipinski definition) is 1. The van der Waals surface area contributed by atoms with Gasteiger partial charge >= 0.3 is 12.0 Å². The molecule has 1 rings (SSSR count). The Labute approximate surface area is 125 Å². The molecule has 2 amide bonds. The lowest BCUT2D eigenvalue weighted by molar-refractivity contribution is -0.142. The molecule has 1 N–H and O–H groups in total. The van der Waals surface area contributed by atoms with Crippen LogP contribution in [-0.4, -0.2) is 79.5 Å². The molecule has 0 aromatic carbocycles. The van der Waals surface area contributed by atoms with Crippen molar-refractivity contribution in [2.24, 2.45) is 5.92 Å². The SMILES string of the molecule is CCCN(C(=O)N(C)CCOCC)C1COCC1C(=O)O. The maximum atomic E-state index is 12.5. The standard InChI is InChI=1S/C14H26N2O5/c1-4-6-16(12-10-21-9-11(12)13(17)18)14(19)15(3)7-8-20-5-2/h11-12H,4-10H2,1-3H3,(H,17,18). The zero-order valence-corrected chi connectivity index (χ0v) is 13.1. The van der Waals surface area contributed by atoms with Crippen LogP contribution in [-0.2, 0) is 14.3 Å². The number of nitrogens with zero attached hydrogens (tertiary/aromatic N) is 2. The van der Waals surface area contributed by atoms with Gasteiger partial charge in [0.2, 0.25) is 0 Å². The first-order chi connectivity index (χ1) is 10.0. The number of carboxylic acid groups (broad SMARTS) is 1. The summed E-state index contributed by atoms with van der Waals surface area (Å²) in [5.41, 5.74) is 0. The summed E-state index contributed by atoms with van der Waals surface area (Å²) in [6.07, 6.45) is 0.772. The molecule has 0 aromatic rings. The normalized spacial score (nSPS) is 21.3. The summed E-state index contributed by atoms with van der Waals surface area (Å²) in [5, 5.41) is 9.24. The van der Waals surface area contributed by atoms with Crippen molar-refractivity contribution >= 4 is 12.0 Å². The minimum absolute atomic E-state index is 0.163. The van der Waals surface area contributed by atoms with E-state index in [0.717, 1.165) is 6.42 Å². The molecule has 0 saturated carbocycles. The summed E-state index contributed by atoms with van der Waals surface area (Å²) in [6, 6.07) is -0.567. The van der Waals surface area contributed by atoms with E-state index < -0.39 is 17.9 Å². The van der Waals surface area contributed by atoms with Crippen LogP contribution >= 0.6 is 0 Å². The van der Waals surface area contributed by atoms with Crippen molar-refractivity contribution in [3.8, 4) is 0 Å². The zero-order valence-electron chi connectivity index (χ0n) is 13.1. The van der Waals surface area contributed by atoms with Crippen molar-refractivity contribution in [3.63, 3.8) is 0 Å². The van der Waals surface area contributed by atoms with Crippen molar-refractivity contribution in [3.05, 3.63) is 0 Å². The third-order valence-electron chi connectivity index (χ3n) is 3.58. The van der Waals surface area contributed by atoms with Gasteiger partial charge in [0.1, 0.15) is 5.92 Å². The highest BCUT2D eigenvalue weighted by atomic mass is 16.5. The number of carboxylic acids is 1. The Kier molecular flexibility index (Phi) is 7.45. The van der Waals surface area contributed by atoms with E-state index in [4.69, 9.17) is 9.47 Å². The number of ether oxygens (including phenoxy) is 2. The summed E-state index contributed by atoms with van der Waals surface area (Å²) in [4.78, 5) is 27.0. The van der Waals surface area contributed by atoms with E-state index in [0.29, 0.717) is 26.3 Å². The number of likely N-dealkylation sites (N-methyl/N-ethyl adjacent to an activating group) is 1. The summed E-state index contributed by atoms with van der Waals surface area (Å²) >= 11 is 0. The first-order valence-corrected chi connectivity index (χ1v) is 7.42. The van der Waals surface area contributed by atoms with Crippen molar-refractivity contribution in [2.45, 2.75) is 26.3 Å². The van der Waals surface area contributed by atoms with Gasteiger partial charge in [0.05, 0.1) is 25.9 Å². The Bertz CT molecular complexity index is 350. The average molecular weight is 302 g/mol. The van der Waals surface area contributed by atoms with Gasteiger partial charge in [0.25, 0.3) is 0 Å². The maximum absolute atomic E-state index is 12.5. The minimum atomic E-state index is -0.914. The molecule has 1 fully saturated rings. The fourth-order valence-corrected chi connectivity index (χ4v) is 2.39. The van der Waals surface area contributed by atoms with E-state index in [1.54, 1.807) is 16.8 Å². The largest absolute Gasteiger partial charge is 0.481 e. The summed E-state index contributed by atoms with van der Waals surface area (Å²) in [6.45, 7) is 6.40. The summed E-state index contributed by atoms with van der Waals surface area (Å²) in [5.74, 6) is -1.57. The van der Waals surface area contributed by atoms with Crippen LogP contribution in [0.4, 0.5) is 4.79 Å². The van der Waals surface area contributed by atoms with E-state index in [1.807, 2.05) is 13.8 Å². The van der Waals surface area contributed by atoms with Crippen LogP contribution < -0.4 is 0 Å². The van der Waals surface area contributed by atoms with Crippen LogP contribution in [0.2, 0.25) is 0 Å². The van der Waals surface area contributed by atoms with Gasteiger partial charge in [-0.05, 0) is 13.3 Å². The third-order valence-corrected chi connectivity index (χ3v) is 3.58. The first kappa shape index (κ1) is 17.7. The fourth-order valence-electron chi connectivity index (χ4n) is 2.39. The van der Waals surface area contributed by atoms with Crippen LogP contribution in [0.15, 0.2) is 0 Å². The number of carbonyl (C=O) groups excluding carboxylic acids is 1. The predicted molar refractivity (Wildman–Crippen MR) is 77.2 cm³/mol. The number of carbonyl (C=O) groups is 2.